The summed E-state index contributed by atoms with van der Waals surface area (Å²) in [5, 5.41) is 5.96. The summed E-state index contributed by atoms with van der Waals surface area (Å²) in [7, 11) is 0. The lowest BCUT2D eigenvalue weighted by atomic mass is 9.73. The fourth-order valence-corrected chi connectivity index (χ4v) is 8.18. The van der Waals surface area contributed by atoms with Crippen LogP contribution in [0.1, 0.15) is 34.3 Å². The summed E-state index contributed by atoms with van der Waals surface area (Å²) < 4.78 is 42.8. The van der Waals surface area contributed by atoms with Crippen LogP contribution in [0.2, 0.25) is 0 Å². The molecule has 0 fully saturated rings. The van der Waals surface area contributed by atoms with Crippen molar-refractivity contribution in [1.82, 2.24) is 19.9 Å². The quantitative estimate of drug-likeness (QED) is 0.157. The number of hydrogen-bond acceptors (Lipinski definition) is 5. The first kappa shape index (κ1) is 32.4. The molecule has 7 aromatic rings. The topological polar surface area (TPSA) is 88.9 Å². The van der Waals surface area contributed by atoms with E-state index in [0.29, 0.717) is 40.9 Å². The monoisotopic (exact) mass is 701 g/mol. The van der Waals surface area contributed by atoms with Gasteiger partial charge in [-0.05, 0) is 71.5 Å². The Morgan fingerprint density at radius 2 is 1.45 bits per heavy atom. The summed E-state index contributed by atoms with van der Waals surface area (Å²) in [6, 6.07) is 35.6. The largest absolute Gasteiger partial charge is 0.405 e. The summed E-state index contributed by atoms with van der Waals surface area (Å²) in [5.41, 5.74) is 6.02. The molecule has 1 aliphatic carbocycles. The number of rotatable bonds is 9. The smallest absolute Gasteiger partial charge is 0.346 e. The summed E-state index contributed by atoms with van der Waals surface area (Å²) in [5.74, 6) is -0.937. The number of nitrogens with one attached hydrogen (secondary N) is 2. The van der Waals surface area contributed by atoms with Crippen LogP contribution < -0.4 is 10.6 Å². The minimum absolute atomic E-state index is 0.269. The number of hydrogen-bond donors (Lipinski definition) is 2. The maximum absolute atomic E-state index is 13.8. The van der Waals surface area contributed by atoms with Gasteiger partial charge in [-0.2, -0.15) is 13.2 Å². The highest BCUT2D eigenvalue weighted by Gasteiger charge is 2.49. The highest BCUT2D eigenvalue weighted by Crippen LogP contribution is 2.51. The van der Waals surface area contributed by atoms with E-state index < -0.39 is 24.0 Å². The molecule has 2 amide bonds. The third kappa shape index (κ3) is 5.93. The van der Waals surface area contributed by atoms with Crippen LogP contribution >= 0.6 is 11.3 Å². The number of nitrogens with zero attached hydrogens (tertiary/aromatic N) is 3. The molecule has 0 unspecified atom stereocenters. The molecule has 2 N–H and O–H groups in total. The molecule has 7 nitrogen and oxygen atoms in total. The first-order chi connectivity index (χ1) is 24.7. The van der Waals surface area contributed by atoms with Gasteiger partial charge in [-0.15, -0.1) is 11.3 Å². The van der Waals surface area contributed by atoms with Crippen molar-refractivity contribution in [3.8, 4) is 21.7 Å². The van der Waals surface area contributed by atoms with E-state index in [0.717, 1.165) is 37.4 Å². The number of para-hydroxylation sites is 1. The minimum Gasteiger partial charge on any atom is -0.346 e. The number of anilines is 1. The molecule has 1 aliphatic rings. The van der Waals surface area contributed by atoms with Gasteiger partial charge in [0.2, 0.25) is 5.91 Å². The summed E-state index contributed by atoms with van der Waals surface area (Å²) >= 11 is 1.53. The van der Waals surface area contributed by atoms with Crippen molar-refractivity contribution in [3.63, 3.8) is 0 Å². The van der Waals surface area contributed by atoms with E-state index in [-0.39, 0.29) is 12.3 Å². The van der Waals surface area contributed by atoms with Crippen molar-refractivity contribution in [3.05, 3.63) is 138 Å². The molecule has 0 bridgehead atoms. The molecule has 0 atom stereocenters. The SMILES string of the molecule is O=C(Nc1ccc2c(c1)ncn2CCCC1(C(=O)NCC(F)(F)F)c2ccccc2-c2ccccc21)c1ccccc1-c1nc2ccccc2s1. The predicted molar refractivity (Wildman–Crippen MR) is 194 cm³/mol. The van der Waals surface area contributed by atoms with Gasteiger partial charge in [0, 0.05) is 23.4 Å². The van der Waals surface area contributed by atoms with E-state index in [1.807, 2.05) is 108 Å². The number of halogens is 3. The molecule has 8 rings (SSSR count). The Kier molecular flexibility index (Phi) is 8.14. The lowest BCUT2D eigenvalue weighted by Crippen LogP contribution is -2.47. The average Bonchev–Trinajstić information content (AvgIpc) is 3.83. The Morgan fingerprint density at radius 3 is 2.18 bits per heavy atom. The van der Waals surface area contributed by atoms with E-state index in [1.165, 1.54) is 11.3 Å². The fourth-order valence-electron chi connectivity index (χ4n) is 7.17. The second kappa shape index (κ2) is 12.8. The Balaban J connectivity index is 1.02. The Bertz CT molecular complexity index is 2370. The van der Waals surface area contributed by atoms with Gasteiger partial charge < -0.3 is 15.2 Å². The number of benzene rings is 5. The van der Waals surface area contributed by atoms with Crippen LogP contribution in [-0.4, -0.2) is 39.1 Å². The number of alkyl halides is 3. The highest BCUT2D eigenvalue weighted by atomic mass is 32.1. The number of imidazole rings is 1. The van der Waals surface area contributed by atoms with Crippen molar-refractivity contribution in [2.75, 3.05) is 11.9 Å². The summed E-state index contributed by atoms with van der Waals surface area (Å²) in [4.78, 5) is 36.7. The molecule has 5 aromatic carbocycles. The molecule has 2 heterocycles. The van der Waals surface area contributed by atoms with Crippen LogP contribution in [0.25, 0.3) is 42.9 Å². The van der Waals surface area contributed by atoms with Gasteiger partial charge in [0.15, 0.2) is 0 Å². The Morgan fingerprint density at radius 1 is 0.784 bits per heavy atom. The molecule has 0 saturated carbocycles. The first-order valence-electron chi connectivity index (χ1n) is 16.5. The van der Waals surface area contributed by atoms with Gasteiger partial charge >= 0.3 is 6.18 Å². The molecule has 254 valence electrons. The molecule has 2 aromatic heterocycles. The van der Waals surface area contributed by atoms with Gasteiger partial charge in [0.05, 0.1) is 27.6 Å². The van der Waals surface area contributed by atoms with Crippen LogP contribution in [0.3, 0.4) is 0 Å². The van der Waals surface area contributed by atoms with Gasteiger partial charge in [-0.1, -0.05) is 78.9 Å². The van der Waals surface area contributed by atoms with Gasteiger partial charge in [0.1, 0.15) is 17.0 Å². The molecule has 0 aliphatic heterocycles. The number of aromatic nitrogens is 3. The van der Waals surface area contributed by atoms with Gasteiger partial charge in [-0.25, -0.2) is 9.97 Å². The van der Waals surface area contributed by atoms with E-state index in [2.05, 4.69) is 15.6 Å². The molecule has 0 radical (unpaired) electrons. The zero-order valence-electron chi connectivity index (χ0n) is 27.1. The third-order valence-corrected chi connectivity index (χ3v) is 10.5. The van der Waals surface area contributed by atoms with E-state index >= 15 is 0 Å². The number of carbonyl (C=O) groups excluding carboxylic acids is 2. The molecule has 11 heteroatoms. The van der Waals surface area contributed by atoms with Crippen molar-refractivity contribution < 1.29 is 22.8 Å². The van der Waals surface area contributed by atoms with Crippen molar-refractivity contribution >= 4 is 50.1 Å². The normalized spacial score (nSPS) is 13.2. The van der Waals surface area contributed by atoms with Crippen LogP contribution in [0, 0.1) is 0 Å². The zero-order chi connectivity index (χ0) is 35.2. The maximum Gasteiger partial charge on any atom is 0.405 e. The standard InChI is InChI=1S/C40H30F3N5O2S/c41-40(42,43)23-44-38(50)39(30-14-5-3-10-26(30)27-11-4-6-15-31(27)39)20-9-21-48-24-45-33-22-25(18-19-34(33)48)46-36(49)28-12-1-2-13-29(28)37-47-32-16-7-8-17-35(32)51-37/h1-8,10-19,22,24H,9,20-21,23H2,(H,44,50)(H,46,49). The first-order valence-corrected chi connectivity index (χ1v) is 17.3. The number of carbonyl (C=O) groups is 2. The van der Waals surface area contributed by atoms with E-state index in [1.54, 1.807) is 18.5 Å². The Hall–Kier alpha value is -5.81. The van der Waals surface area contributed by atoms with Crippen molar-refractivity contribution in [1.29, 1.82) is 0 Å². The van der Waals surface area contributed by atoms with Crippen molar-refractivity contribution in [2.24, 2.45) is 0 Å². The number of thiazole rings is 1. The number of fused-ring (bicyclic) bond motifs is 5. The second-order valence-electron chi connectivity index (χ2n) is 12.5. The molecular weight excluding hydrogens is 672 g/mol. The third-order valence-electron chi connectivity index (χ3n) is 9.43. The number of aryl methyl sites for hydroxylation is 1. The van der Waals surface area contributed by atoms with E-state index in [4.69, 9.17) is 4.98 Å². The number of amides is 2. The van der Waals surface area contributed by atoms with Crippen LogP contribution in [0.4, 0.5) is 18.9 Å². The zero-order valence-corrected chi connectivity index (χ0v) is 27.9. The molecule has 51 heavy (non-hydrogen) atoms. The lowest BCUT2D eigenvalue weighted by Gasteiger charge is -2.31. The van der Waals surface area contributed by atoms with Gasteiger partial charge in [0.25, 0.3) is 5.91 Å². The van der Waals surface area contributed by atoms with Crippen LogP contribution in [0.5, 0.6) is 0 Å². The fraction of sp³-hybridized carbons (Fsp3) is 0.150. The highest BCUT2D eigenvalue weighted by molar-refractivity contribution is 7.21. The summed E-state index contributed by atoms with van der Waals surface area (Å²) in [6.07, 6.45) is -2.07. The van der Waals surface area contributed by atoms with Crippen LogP contribution in [0.15, 0.2) is 122 Å². The molecule has 0 spiro atoms. The lowest BCUT2D eigenvalue weighted by molar-refractivity contribution is -0.141. The molecule has 0 saturated heterocycles. The Labute approximate surface area is 294 Å². The summed E-state index contributed by atoms with van der Waals surface area (Å²) in [6.45, 7) is -0.938. The second-order valence-corrected chi connectivity index (χ2v) is 13.6. The average molecular weight is 702 g/mol. The molecular formula is C40H30F3N5O2S. The van der Waals surface area contributed by atoms with E-state index in [9.17, 15) is 22.8 Å². The maximum atomic E-state index is 13.8. The van der Waals surface area contributed by atoms with Gasteiger partial charge in [-0.3, -0.25) is 9.59 Å². The van der Waals surface area contributed by atoms with Crippen LogP contribution in [-0.2, 0) is 16.8 Å². The predicted octanol–water partition coefficient (Wildman–Crippen LogP) is 8.99. The minimum atomic E-state index is -4.54. The van der Waals surface area contributed by atoms with Crippen molar-refractivity contribution in [2.45, 2.75) is 31.0 Å².